The molecule has 1 aliphatic heterocycles. The van der Waals surface area contributed by atoms with Crippen molar-refractivity contribution in [2.45, 2.75) is 25.7 Å². The van der Waals surface area contributed by atoms with E-state index in [4.69, 9.17) is 5.11 Å². The SMILES string of the molecule is CC(=O)N1CCC(c2cncc(-c3cccc(C(=O)O)c3)n2)CC1. The van der Waals surface area contributed by atoms with E-state index in [-0.39, 0.29) is 17.4 Å². The second-order valence-electron chi connectivity index (χ2n) is 6.00. The number of carboxylic acids is 1. The summed E-state index contributed by atoms with van der Waals surface area (Å²) in [6.07, 6.45) is 5.15. The van der Waals surface area contributed by atoms with E-state index in [0.717, 1.165) is 37.2 Å². The normalized spacial score (nSPS) is 15.3. The van der Waals surface area contributed by atoms with Crippen LogP contribution in [0.4, 0.5) is 0 Å². The third-order valence-electron chi connectivity index (χ3n) is 4.42. The third kappa shape index (κ3) is 3.42. The minimum Gasteiger partial charge on any atom is -0.478 e. The van der Waals surface area contributed by atoms with E-state index >= 15 is 0 Å². The molecule has 6 nitrogen and oxygen atoms in total. The number of amides is 1. The molecule has 0 unspecified atom stereocenters. The summed E-state index contributed by atoms with van der Waals surface area (Å²) in [5.41, 5.74) is 2.54. The second-order valence-corrected chi connectivity index (χ2v) is 6.00. The number of carbonyl (C=O) groups excluding carboxylic acids is 1. The van der Waals surface area contributed by atoms with Crippen molar-refractivity contribution in [2.75, 3.05) is 13.1 Å². The van der Waals surface area contributed by atoms with E-state index in [1.165, 1.54) is 0 Å². The van der Waals surface area contributed by atoms with Gasteiger partial charge in [0.25, 0.3) is 0 Å². The molecule has 1 fully saturated rings. The van der Waals surface area contributed by atoms with Gasteiger partial charge in [0.2, 0.25) is 5.91 Å². The maximum atomic E-state index is 11.4. The Morgan fingerprint density at radius 1 is 1.21 bits per heavy atom. The standard InChI is InChI=1S/C18H19N3O3/c1-12(22)21-7-5-13(6-8-21)16-10-19-11-17(20-16)14-3-2-4-15(9-14)18(23)24/h2-4,9-11,13H,5-8H2,1H3,(H,23,24). The van der Waals surface area contributed by atoms with Crippen LogP contribution in [0.15, 0.2) is 36.7 Å². The predicted octanol–water partition coefficient (Wildman–Crippen LogP) is 2.57. The van der Waals surface area contributed by atoms with Gasteiger partial charge in [0.05, 0.1) is 23.1 Å². The first kappa shape index (κ1) is 16.1. The first-order valence-electron chi connectivity index (χ1n) is 7.96. The Kier molecular flexibility index (Phi) is 4.55. The predicted molar refractivity (Wildman–Crippen MR) is 88.7 cm³/mol. The number of rotatable bonds is 3. The first-order chi connectivity index (χ1) is 11.5. The maximum Gasteiger partial charge on any atom is 0.335 e. The molecule has 2 heterocycles. The molecule has 1 N–H and O–H groups in total. The highest BCUT2D eigenvalue weighted by molar-refractivity contribution is 5.89. The zero-order valence-electron chi connectivity index (χ0n) is 13.5. The molecule has 6 heteroatoms. The summed E-state index contributed by atoms with van der Waals surface area (Å²) in [6, 6.07) is 6.70. The summed E-state index contributed by atoms with van der Waals surface area (Å²) in [7, 11) is 0. The highest BCUT2D eigenvalue weighted by atomic mass is 16.4. The molecule has 3 rings (SSSR count). The molecule has 0 spiro atoms. The average molecular weight is 325 g/mol. The zero-order chi connectivity index (χ0) is 17.1. The topological polar surface area (TPSA) is 83.4 Å². The number of likely N-dealkylation sites (tertiary alicyclic amines) is 1. The molecule has 0 radical (unpaired) electrons. The van der Waals surface area contributed by atoms with E-state index in [2.05, 4.69) is 9.97 Å². The van der Waals surface area contributed by atoms with Crippen LogP contribution in [0, 0.1) is 0 Å². The third-order valence-corrected chi connectivity index (χ3v) is 4.42. The van der Waals surface area contributed by atoms with E-state index in [9.17, 15) is 9.59 Å². The van der Waals surface area contributed by atoms with Gasteiger partial charge in [-0.25, -0.2) is 9.78 Å². The van der Waals surface area contributed by atoms with Gasteiger partial charge in [-0.05, 0) is 25.0 Å². The Bertz CT molecular complexity index is 768. The lowest BCUT2D eigenvalue weighted by Gasteiger charge is -2.30. The van der Waals surface area contributed by atoms with Gasteiger partial charge in [-0.1, -0.05) is 12.1 Å². The molecule has 2 aromatic rings. The van der Waals surface area contributed by atoms with E-state index in [1.807, 2.05) is 11.0 Å². The summed E-state index contributed by atoms with van der Waals surface area (Å²) in [5, 5.41) is 9.12. The molecule has 1 amide bonds. The fraction of sp³-hybridized carbons (Fsp3) is 0.333. The number of nitrogens with zero attached hydrogens (tertiary/aromatic N) is 3. The Hall–Kier alpha value is -2.76. The summed E-state index contributed by atoms with van der Waals surface area (Å²) in [5.74, 6) is -0.577. The van der Waals surface area contributed by atoms with Crippen molar-refractivity contribution in [2.24, 2.45) is 0 Å². The van der Waals surface area contributed by atoms with Gasteiger partial charge in [0.15, 0.2) is 0 Å². The van der Waals surface area contributed by atoms with Crippen molar-refractivity contribution < 1.29 is 14.7 Å². The summed E-state index contributed by atoms with van der Waals surface area (Å²) in [4.78, 5) is 33.3. The average Bonchev–Trinajstić information content (AvgIpc) is 2.62. The monoisotopic (exact) mass is 325 g/mol. The molecule has 0 atom stereocenters. The van der Waals surface area contributed by atoms with Crippen LogP contribution in [0.25, 0.3) is 11.3 Å². The molecule has 1 aromatic heterocycles. The lowest BCUT2D eigenvalue weighted by molar-refractivity contribution is -0.129. The highest BCUT2D eigenvalue weighted by Gasteiger charge is 2.23. The van der Waals surface area contributed by atoms with Crippen molar-refractivity contribution in [3.8, 4) is 11.3 Å². The first-order valence-corrected chi connectivity index (χ1v) is 7.96. The minimum atomic E-state index is -0.961. The fourth-order valence-corrected chi connectivity index (χ4v) is 3.02. The largest absolute Gasteiger partial charge is 0.478 e. The number of aromatic nitrogens is 2. The Morgan fingerprint density at radius 3 is 2.62 bits per heavy atom. The van der Waals surface area contributed by atoms with E-state index in [1.54, 1.807) is 37.5 Å². The van der Waals surface area contributed by atoms with E-state index in [0.29, 0.717) is 5.69 Å². The summed E-state index contributed by atoms with van der Waals surface area (Å²) in [6.45, 7) is 3.07. The number of carbonyl (C=O) groups is 2. The number of aromatic carboxylic acids is 1. The van der Waals surface area contributed by atoms with Crippen LogP contribution in [0.2, 0.25) is 0 Å². The van der Waals surface area contributed by atoms with Crippen LogP contribution in [-0.4, -0.2) is 44.9 Å². The molecular formula is C18H19N3O3. The lowest BCUT2D eigenvalue weighted by atomic mass is 9.93. The van der Waals surface area contributed by atoms with Crippen molar-refractivity contribution in [3.05, 3.63) is 47.9 Å². The second kappa shape index (κ2) is 6.78. The molecule has 0 saturated carbocycles. The number of hydrogen-bond donors (Lipinski definition) is 1. The van der Waals surface area contributed by atoms with Crippen molar-refractivity contribution in [1.82, 2.24) is 14.9 Å². The summed E-state index contributed by atoms with van der Waals surface area (Å²) < 4.78 is 0. The molecular weight excluding hydrogens is 306 g/mol. The molecule has 1 saturated heterocycles. The number of hydrogen-bond acceptors (Lipinski definition) is 4. The van der Waals surface area contributed by atoms with Crippen molar-refractivity contribution in [3.63, 3.8) is 0 Å². The summed E-state index contributed by atoms with van der Waals surface area (Å²) >= 11 is 0. The smallest absolute Gasteiger partial charge is 0.335 e. The molecule has 124 valence electrons. The van der Waals surface area contributed by atoms with Gasteiger partial charge in [-0.15, -0.1) is 0 Å². The van der Waals surface area contributed by atoms with Crippen LogP contribution >= 0.6 is 0 Å². The Balaban J connectivity index is 1.81. The highest BCUT2D eigenvalue weighted by Crippen LogP contribution is 2.28. The molecule has 0 aliphatic carbocycles. The van der Waals surface area contributed by atoms with Gasteiger partial charge < -0.3 is 10.0 Å². The quantitative estimate of drug-likeness (QED) is 0.937. The van der Waals surface area contributed by atoms with Crippen LogP contribution in [-0.2, 0) is 4.79 Å². The van der Waals surface area contributed by atoms with Crippen molar-refractivity contribution >= 4 is 11.9 Å². The minimum absolute atomic E-state index is 0.110. The maximum absolute atomic E-state index is 11.4. The molecule has 24 heavy (non-hydrogen) atoms. The number of carboxylic acid groups (broad SMARTS) is 1. The van der Waals surface area contributed by atoms with Gasteiger partial charge in [0.1, 0.15) is 0 Å². The number of benzene rings is 1. The molecule has 1 aromatic carbocycles. The molecule has 1 aliphatic rings. The zero-order valence-corrected chi connectivity index (χ0v) is 13.5. The lowest BCUT2D eigenvalue weighted by Crippen LogP contribution is -2.36. The Labute approximate surface area is 140 Å². The van der Waals surface area contributed by atoms with Gasteiger partial charge in [0, 0.05) is 37.7 Å². The number of piperidine rings is 1. The van der Waals surface area contributed by atoms with Crippen LogP contribution in [0.3, 0.4) is 0 Å². The van der Waals surface area contributed by atoms with Gasteiger partial charge >= 0.3 is 5.97 Å². The van der Waals surface area contributed by atoms with E-state index < -0.39 is 5.97 Å². The van der Waals surface area contributed by atoms with Crippen LogP contribution in [0.1, 0.15) is 41.7 Å². The van der Waals surface area contributed by atoms with Crippen molar-refractivity contribution in [1.29, 1.82) is 0 Å². The van der Waals surface area contributed by atoms with Gasteiger partial charge in [-0.3, -0.25) is 9.78 Å². The van der Waals surface area contributed by atoms with Crippen LogP contribution < -0.4 is 0 Å². The Morgan fingerprint density at radius 2 is 1.96 bits per heavy atom. The fourth-order valence-electron chi connectivity index (χ4n) is 3.02. The van der Waals surface area contributed by atoms with Crippen LogP contribution in [0.5, 0.6) is 0 Å². The van der Waals surface area contributed by atoms with Gasteiger partial charge in [-0.2, -0.15) is 0 Å². The molecule has 0 bridgehead atoms.